The summed E-state index contributed by atoms with van der Waals surface area (Å²) < 4.78 is 5.58. The molecule has 2 amide bonds. The van der Waals surface area contributed by atoms with Gasteiger partial charge in [-0.3, -0.25) is 0 Å². The minimum atomic E-state index is -0.104. The van der Waals surface area contributed by atoms with Crippen molar-refractivity contribution in [1.82, 2.24) is 10.2 Å². The van der Waals surface area contributed by atoms with Gasteiger partial charge in [-0.1, -0.05) is 29.8 Å². The summed E-state index contributed by atoms with van der Waals surface area (Å²) in [5.41, 5.74) is 0.941. The summed E-state index contributed by atoms with van der Waals surface area (Å²) in [6, 6.07) is 7.48. The van der Waals surface area contributed by atoms with Crippen LogP contribution in [-0.2, 0) is 11.3 Å². The Bertz CT molecular complexity index is 461. The molecule has 2 unspecified atom stereocenters. The van der Waals surface area contributed by atoms with E-state index in [4.69, 9.17) is 16.3 Å². The zero-order chi connectivity index (χ0) is 14.5. The lowest BCUT2D eigenvalue weighted by Crippen LogP contribution is -2.46. The third kappa shape index (κ3) is 3.87. The van der Waals surface area contributed by atoms with E-state index >= 15 is 0 Å². The van der Waals surface area contributed by atoms with Gasteiger partial charge in [0.25, 0.3) is 0 Å². The summed E-state index contributed by atoms with van der Waals surface area (Å²) in [7, 11) is 1.76. The summed E-state index contributed by atoms with van der Waals surface area (Å²) in [6.07, 6.45) is 2.21. The molecule has 20 heavy (non-hydrogen) atoms. The molecule has 1 heterocycles. The van der Waals surface area contributed by atoms with Crippen molar-refractivity contribution >= 4 is 17.6 Å². The molecule has 1 aliphatic rings. The largest absolute Gasteiger partial charge is 0.376 e. The van der Waals surface area contributed by atoms with Gasteiger partial charge in [-0.15, -0.1) is 0 Å². The van der Waals surface area contributed by atoms with Crippen LogP contribution in [0.3, 0.4) is 0 Å². The van der Waals surface area contributed by atoms with Crippen molar-refractivity contribution < 1.29 is 9.53 Å². The van der Waals surface area contributed by atoms with Crippen molar-refractivity contribution in [3.63, 3.8) is 0 Å². The Morgan fingerprint density at radius 2 is 2.30 bits per heavy atom. The molecule has 0 aromatic heterocycles. The second-order valence-corrected chi connectivity index (χ2v) is 5.64. The lowest BCUT2D eigenvalue weighted by atomic mass is 10.1. The summed E-state index contributed by atoms with van der Waals surface area (Å²) in [5, 5.41) is 3.66. The minimum absolute atomic E-state index is 0.0266. The van der Waals surface area contributed by atoms with Gasteiger partial charge in [0.2, 0.25) is 0 Å². The van der Waals surface area contributed by atoms with Crippen LogP contribution in [0.2, 0.25) is 5.02 Å². The molecule has 1 N–H and O–H groups in total. The number of amides is 2. The maximum Gasteiger partial charge on any atom is 0.317 e. The van der Waals surface area contributed by atoms with Crippen molar-refractivity contribution in [2.24, 2.45) is 0 Å². The predicted octanol–water partition coefficient (Wildman–Crippen LogP) is 3.05. The zero-order valence-corrected chi connectivity index (χ0v) is 12.7. The number of urea groups is 1. The number of hydrogen-bond acceptors (Lipinski definition) is 2. The third-order valence-electron chi connectivity index (χ3n) is 3.59. The minimum Gasteiger partial charge on any atom is -0.376 e. The van der Waals surface area contributed by atoms with Crippen molar-refractivity contribution in [3.8, 4) is 0 Å². The van der Waals surface area contributed by atoms with Crippen LogP contribution in [-0.4, -0.2) is 36.7 Å². The Labute approximate surface area is 125 Å². The first-order valence-corrected chi connectivity index (χ1v) is 7.32. The van der Waals surface area contributed by atoms with Crippen LogP contribution >= 0.6 is 11.6 Å². The van der Waals surface area contributed by atoms with Crippen LogP contribution in [0, 0.1) is 0 Å². The van der Waals surface area contributed by atoms with E-state index < -0.39 is 0 Å². The quantitative estimate of drug-likeness (QED) is 0.928. The molecule has 2 rings (SSSR count). The molecule has 2 atom stereocenters. The van der Waals surface area contributed by atoms with Crippen molar-refractivity contribution in [2.45, 2.75) is 38.5 Å². The van der Waals surface area contributed by atoms with Crippen molar-refractivity contribution in [3.05, 3.63) is 34.9 Å². The Morgan fingerprint density at radius 3 is 2.95 bits per heavy atom. The summed E-state index contributed by atoms with van der Waals surface area (Å²) in [4.78, 5) is 13.8. The highest BCUT2D eigenvalue weighted by Crippen LogP contribution is 2.17. The number of nitrogens with zero attached hydrogens (tertiary/aromatic N) is 1. The van der Waals surface area contributed by atoms with Gasteiger partial charge in [0.05, 0.1) is 12.1 Å². The van der Waals surface area contributed by atoms with E-state index in [1.165, 1.54) is 0 Å². The van der Waals surface area contributed by atoms with Crippen LogP contribution in [0.4, 0.5) is 4.79 Å². The zero-order valence-electron chi connectivity index (χ0n) is 11.9. The lowest BCUT2D eigenvalue weighted by molar-refractivity contribution is 0.0838. The molecule has 1 aromatic rings. The van der Waals surface area contributed by atoms with Gasteiger partial charge in [0, 0.05) is 25.2 Å². The number of halogens is 1. The normalized spacial score (nSPS) is 19.6. The summed E-state index contributed by atoms with van der Waals surface area (Å²) in [6.45, 7) is 3.27. The van der Waals surface area contributed by atoms with Crippen LogP contribution < -0.4 is 5.32 Å². The molecule has 0 radical (unpaired) electrons. The first-order valence-electron chi connectivity index (χ1n) is 6.94. The van der Waals surface area contributed by atoms with Crippen LogP contribution in [0.15, 0.2) is 24.3 Å². The van der Waals surface area contributed by atoms with E-state index in [0.717, 1.165) is 25.0 Å². The van der Waals surface area contributed by atoms with Crippen LogP contribution in [0.5, 0.6) is 0 Å². The molecular weight excluding hydrogens is 276 g/mol. The number of hydrogen-bond donors (Lipinski definition) is 1. The second-order valence-electron chi connectivity index (χ2n) is 5.24. The maximum absolute atomic E-state index is 12.1. The molecule has 110 valence electrons. The van der Waals surface area contributed by atoms with Gasteiger partial charge in [0.15, 0.2) is 0 Å². The number of carbonyl (C=O) groups is 1. The Kier molecular flexibility index (Phi) is 5.26. The van der Waals surface area contributed by atoms with Crippen molar-refractivity contribution in [1.29, 1.82) is 0 Å². The molecule has 1 aromatic carbocycles. The highest BCUT2D eigenvalue weighted by atomic mass is 35.5. The smallest absolute Gasteiger partial charge is 0.317 e. The third-order valence-corrected chi connectivity index (χ3v) is 3.95. The number of rotatable bonds is 4. The topological polar surface area (TPSA) is 41.6 Å². The predicted molar refractivity (Wildman–Crippen MR) is 79.9 cm³/mol. The maximum atomic E-state index is 12.1. The standard InChI is InChI=1S/C15H21ClN2O2/c1-11(14-8-5-9-20-14)17-15(19)18(2)10-12-6-3-4-7-13(12)16/h3-4,6-7,11,14H,5,8-10H2,1-2H3,(H,17,19). The van der Waals surface area contributed by atoms with Crippen LogP contribution in [0.1, 0.15) is 25.3 Å². The number of nitrogens with one attached hydrogen (secondary N) is 1. The molecule has 1 saturated heterocycles. The van der Waals surface area contributed by atoms with Crippen molar-refractivity contribution in [2.75, 3.05) is 13.7 Å². The van der Waals surface area contributed by atoms with E-state index in [1.54, 1.807) is 11.9 Å². The molecule has 5 heteroatoms. The molecule has 0 saturated carbocycles. The van der Waals surface area contributed by atoms with Crippen LogP contribution in [0.25, 0.3) is 0 Å². The van der Waals surface area contributed by atoms with Gasteiger partial charge in [-0.25, -0.2) is 4.79 Å². The van der Waals surface area contributed by atoms with E-state index in [0.29, 0.717) is 11.6 Å². The Balaban J connectivity index is 1.87. The summed E-state index contributed by atoms with van der Waals surface area (Å²) >= 11 is 6.10. The van der Waals surface area contributed by atoms with Gasteiger partial charge >= 0.3 is 6.03 Å². The monoisotopic (exact) mass is 296 g/mol. The molecule has 1 fully saturated rings. The molecule has 0 bridgehead atoms. The number of ether oxygens (including phenoxy) is 1. The van der Waals surface area contributed by atoms with Gasteiger partial charge in [-0.05, 0) is 31.4 Å². The summed E-state index contributed by atoms with van der Waals surface area (Å²) in [5.74, 6) is 0. The molecule has 0 spiro atoms. The fraction of sp³-hybridized carbons (Fsp3) is 0.533. The van der Waals surface area contributed by atoms with E-state index in [1.807, 2.05) is 31.2 Å². The molecule has 1 aliphatic heterocycles. The Morgan fingerprint density at radius 1 is 1.55 bits per heavy atom. The fourth-order valence-corrected chi connectivity index (χ4v) is 2.54. The number of benzene rings is 1. The highest BCUT2D eigenvalue weighted by molar-refractivity contribution is 6.31. The Hall–Kier alpha value is -1.26. The van der Waals surface area contributed by atoms with Gasteiger partial charge in [-0.2, -0.15) is 0 Å². The van der Waals surface area contributed by atoms with E-state index in [2.05, 4.69) is 5.32 Å². The van der Waals surface area contributed by atoms with Gasteiger partial charge in [0.1, 0.15) is 0 Å². The average molecular weight is 297 g/mol. The molecular formula is C15H21ClN2O2. The molecule has 4 nitrogen and oxygen atoms in total. The first kappa shape index (κ1) is 15.1. The SMILES string of the molecule is CC(NC(=O)N(C)Cc1ccccc1Cl)C1CCCO1. The van der Waals surface area contributed by atoms with E-state index in [9.17, 15) is 4.79 Å². The number of carbonyl (C=O) groups excluding carboxylic acids is 1. The van der Waals surface area contributed by atoms with E-state index in [-0.39, 0.29) is 18.2 Å². The highest BCUT2D eigenvalue weighted by Gasteiger charge is 2.24. The first-order chi connectivity index (χ1) is 9.58. The fourth-order valence-electron chi connectivity index (χ4n) is 2.35. The lowest BCUT2D eigenvalue weighted by Gasteiger charge is -2.24. The second kappa shape index (κ2) is 6.95. The molecule has 0 aliphatic carbocycles. The average Bonchev–Trinajstić information content (AvgIpc) is 2.95. The van der Waals surface area contributed by atoms with Gasteiger partial charge < -0.3 is 15.0 Å².